The number of carboxylic acids is 1. The summed E-state index contributed by atoms with van der Waals surface area (Å²) in [6.45, 7) is 2.06. The van der Waals surface area contributed by atoms with Crippen molar-refractivity contribution in [2.24, 2.45) is 4.99 Å². The molecule has 2 aromatic rings. The van der Waals surface area contributed by atoms with Gasteiger partial charge in [0.1, 0.15) is 11.4 Å². The molecule has 0 unspecified atom stereocenters. The molecule has 0 atom stereocenters. The van der Waals surface area contributed by atoms with Crippen LogP contribution in [0.5, 0.6) is 0 Å². The number of carboxylic acid groups (broad SMARTS) is 1. The van der Waals surface area contributed by atoms with E-state index in [0.29, 0.717) is 5.11 Å². The minimum atomic E-state index is -1.19. The van der Waals surface area contributed by atoms with Gasteiger partial charge in [0, 0.05) is 11.4 Å². The van der Waals surface area contributed by atoms with Crippen LogP contribution in [0.4, 0.5) is 11.4 Å². The molecule has 6 heteroatoms. The molecule has 144 valence electrons. The van der Waals surface area contributed by atoms with Crippen molar-refractivity contribution < 1.29 is 9.90 Å². The van der Waals surface area contributed by atoms with Crippen LogP contribution in [0, 0.1) is 6.92 Å². The summed E-state index contributed by atoms with van der Waals surface area (Å²) in [6, 6.07) is 15.0. The standard InChI is InChI=1S/C22H23N3O2S/c1-15-7-5-9-17(13-15)23-20-22(11-3-2-4-12-22)25(21(28)24-20)18-10-6-8-16(14-18)19(26)27/h5-10,13-14H,2-4,11-12H2,1H3,(H,26,27)(H,23,24,28)/p-1. The molecule has 1 aliphatic carbocycles. The van der Waals surface area contributed by atoms with E-state index in [1.165, 1.54) is 18.1 Å². The second-order valence-corrected chi connectivity index (χ2v) is 7.87. The predicted octanol–water partition coefficient (Wildman–Crippen LogP) is 3.68. The number of aromatic carboxylic acids is 1. The van der Waals surface area contributed by atoms with Crippen LogP contribution in [0.1, 0.15) is 48.0 Å². The molecule has 28 heavy (non-hydrogen) atoms. The monoisotopic (exact) mass is 392 g/mol. The molecule has 0 bridgehead atoms. The van der Waals surface area contributed by atoms with E-state index >= 15 is 0 Å². The van der Waals surface area contributed by atoms with Crippen molar-refractivity contribution in [1.29, 1.82) is 0 Å². The van der Waals surface area contributed by atoms with Crippen LogP contribution in [0.2, 0.25) is 0 Å². The fourth-order valence-electron chi connectivity index (χ4n) is 4.27. The van der Waals surface area contributed by atoms with Crippen molar-refractivity contribution in [2.45, 2.75) is 44.6 Å². The molecule has 0 amide bonds. The van der Waals surface area contributed by atoms with Gasteiger partial charge in [-0.25, -0.2) is 4.99 Å². The van der Waals surface area contributed by atoms with Crippen molar-refractivity contribution in [1.82, 2.24) is 0 Å². The lowest BCUT2D eigenvalue weighted by Gasteiger charge is -2.43. The highest BCUT2D eigenvalue weighted by Crippen LogP contribution is 2.42. The van der Waals surface area contributed by atoms with Crippen molar-refractivity contribution in [3.05, 3.63) is 59.7 Å². The zero-order valence-electron chi connectivity index (χ0n) is 15.8. The Morgan fingerprint density at radius 3 is 2.61 bits per heavy atom. The van der Waals surface area contributed by atoms with Crippen LogP contribution in [0.3, 0.4) is 0 Å². The molecule has 2 aromatic carbocycles. The van der Waals surface area contributed by atoms with Crippen molar-refractivity contribution in [2.75, 3.05) is 10.2 Å². The van der Waals surface area contributed by atoms with Gasteiger partial charge in [0.05, 0.1) is 5.97 Å². The molecule has 1 saturated carbocycles. The summed E-state index contributed by atoms with van der Waals surface area (Å²) < 4.78 is 0. The zero-order chi connectivity index (χ0) is 19.7. The van der Waals surface area contributed by atoms with Crippen LogP contribution in [0.25, 0.3) is 0 Å². The number of aryl methyl sites for hydroxylation is 1. The third-order valence-electron chi connectivity index (χ3n) is 5.57. The van der Waals surface area contributed by atoms with Gasteiger partial charge in [0.2, 0.25) is 5.11 Å². The first-order valence-corrected chi connectivity index (χ1v) is 9.99. The number of thiocarbonyl (C=S) groups is 1. The van der Waals surface area contributed by atoms with E-state index in [1.54, 1.807) is 12.1 Å². The summed E-state index contributed by atoms with van der Waals surface area (Å²) in [4.78, 5) is 18.1. The van der Waals surface area contributed by atoms with E-state index in [4.69, 9.17) is 17.2 Å². The van der Waals surface area contributed by atoms with E-state index in [0.717, 1.165) is 42.9 Å². The van der Waals surface area contributed by atoms with E-state index in [-0.39, 0.29) is 11.1 Å². The Bertz CT molecular complexity index is 964. The molecule has 0 aromatic heterocycles. The summed E-state index contributed by atoms with van der Waals surface area (Å²) in [7, 11) is 0. The topological polar surface area (TPSA) is 67.8 Å². The number of carbonyl (C=O) groups is 1. The number of nitrogens with one attached hydrogen (secondary N) is 1. The largest absolute Gasteiger partial charge is 0.545 e. The van der Waals surface area contributed by atoms with Gasteiger partial charge in [-0.2, -0.15) is 0 Å². The minimum Gasteiger partial charge on any atom is -0.545 e. The summed E-state index contributed by atoms with van der Waals surface area (Å²) in [6.07, 6.45) is 5.17. The van der Waals surface area contributed by atoms with Gasteiger partial charge < -0.3 is 20.1 Å². The molecule has 0 saturated heterocycles. The number of aliphatic imine (C=N–C) groups is 1. The first-order chi connectivity index (χ1) is 13.5. The molecule has 1 spiro atoms. The van der Waals surface area contributed by atoms with Crippen LogP contribution in [0.15, 0.2) is 53.5 Å². The highest BCUT2D eigenvalue weighted by atomic mass is 32.1. The molecular formula is C22H22N3O2S-. The Morgan fingerprint density at radius 2 is 1.89 bits per heavy atom. The first kappa shape index (κ1) is 18.6. The number of amidine groups is 1. The maximum absolute atomic E-state index is 11.4. The van der Waals surface area contributed by atoms with Gasteiger partial charge >= 0.3 is 0 Å². The molecule has 2 aliphatic rings. The molecule has 0 radical (unpaired) electrons. The average Bonchev–Trinajstić information content (AvgIpc) is 2.93. The quantitative estimate of drug-likeness (QED) is 0.807. The maximum atomic E-state index is 11.4. The lowest BCUT2D eigenvalue weighted by Crippen LogP contribution is -2.55. The first-order valence-electron chi connectivity index (χ1n) is 9.58. The van der Waals surface area contributed by atoms with Crippen LogP contribution in [-0.2, 0) is 0 Å². The van der Waals surface area contributed by atoms with E-state index < -0.39 is 5.97 Å². The predicted molar refractivity (Wildman–Crippen MR) is 114 cm³/mol. The normalized spacial score (nSPS) is 18.2. The van der Waals surface area contributed by atoms with Gasteiger partial charge in [0.25, 0.3) is 0 Å². The van der Waals surface area contributed by atoms with E-state index in [1.807, 2.05) is 23.1 Å². The second kappa shape index (κ2) is 7.36. The SMILES string of the molecule is Cc1cccc(NC2=NC(=S)N(c3cccc(C(=O)[O-])c3)C23CCCCC3)c1. The Hall–Kier alpha value is -2.73. The molecule has 5 nitrogen and oxygen atoms in total. The summed E-state index contributed by atoms with van der Waals surface area (Å²) in [5, 5.41) is 15.3. The third-order valence-corrected chi connectivity index (χ3v) is 5.84. The number of rotatable bonds is 3. The fraction of sp³-hybridized carbons (Fsp3) is 0.318. The lowest BCUT2D eigenvalue weighted by molar-refractivity contribution is -0.255. The second-order valence-electron chi connectivity index (χ2n) is 7.50. The molecule has 1 fully saturated rings. The van der Waals surface area contributed by atoms with Gasteiger partial charge in [-0.05, 0) is 67.4 Å². The Labute approximate surface area is 170 Å². The molecular weight excluding hydrogens is 370 g/mol. The molecule has 4 rings (SSSR count). The van der Waals surface area contributed by atoms with Crippen molar-refractivity contribution >= 4 is 40.5 Å². The van der Waals surface area contributed by atoms with Crippen LogP contribution >= 0.6 is 12.2 Å². The highest BCUT2D eigenvalue weighted by Gasteiger charge is 2.49. The summed E-state index contributed by atoms with van der Waals surface area (Å²) >= 11 is 5.64. The molecule has 1 N–H and O–H groups in total. The Kier molecular flexibility index (Phi) is 4.89. The summed E-state index contributed by atoms with van der Waals surface area (Å²) in [5.41, 5.74) is 2.67. The molecule has 1 aliphatic heterocycles. The summed E-state index contributed by atoms with van der Waals surface area (Å²) in [5.74, 6) is -0.342. The Balaban J connectivity index is 1.74. The highest BCUT2D eigenvalue weighted by molar-refractivity contribution is 7.80. The van der Waals surface area contributed by atoms with Crippen molar-refractivity contribution in [3.8, 4) is 0 Å². The van der Waals surface area contributed by atoms with Crippen LogP contribution < -0.4 is 15.3 Å². The number of nitrogens with zero attached hydrogens (tertiary/aromatic N) is 2. The van der Waals surface area contributed by atoms with Gasteiger partial charge in [-0.1, -0.05) is 43.5 Å². The number of carbonyl (C=O) groups excluding carboxylic acids is 1. The van der Waals surface area contributed by atoms with Crippen LogP contribution in [-0.4, -0.2) is 22.5 Å². The van der Waals surface area contributed by atoms with Gasteiger partial charge in [0.15, 0.2) is 0 Å². The van der Waals surface area contributed by atoms with Gasteiger partial charge in [-0.15, -0.1) is 0 Å². The average molecular weight is 393 g/mol. The number of benzene rings is 2. The van der Waals surface area contributed by atoms with Crippen molar-refractivity contribution in [3.63, 3.8) is 0 Å². The number of hydrogen-bond donors (Lipinski definition) is 1. The number of hydrogen-bond acceptors (Lipinski definition) is 4. The maximum Gasteiger partial charge on any atom is 0.202 e. The molecule has 1 heterocycles. The Morgan fingerprint density at radius 1 is 1.14 bits per heavy atom. The van der Waals surface area contributed by atoms with E-state index in [9.17, 15) is 9.90 Å². The van der Waals surface area contributed by atoms with Gasteiger partial charge in [-0.3, -0.25) is 0 Å². The fourth-order valence-corrected chi connectivity index (χ4v) is 4.64. The lowest BCUT2D eigenvalue weighted by atomic mass is 9.79. The van der Waals surface area contributed by atoms with E-state index in [2.05, 4.69) is 24.4 Å². The third kappa shape index (κ3) is 3.29. The zero-order valence-corrected chi connectivity index (χ0v) is 16.6. The smallest absolute Gasteiger partial charge is 0.202 e. The number of anilines is 2. The minimum absolute atomic E-state index is 0.145.